The van der Waals surface area contributed by atoms with Gasteiger partial charge >= 0.3 is 0 Å². The average Bonchev–Trinajstić information content (AvgIpc) is 3.06. The van der Waals surface area contributed by atoms with Crippen molar-refractivity contribution in [1.82, 2.24) is 25.0 Å². The van der Waals surface area contributed by atoms with Gasteiger partial charge in [-0.1, -0.05) is 0 Å². The van der Waals surface area contributed by atoms with Crippen LogP contribution in [0.25, 0.3) is 0 Å². The molecule has 0 aliphatic carbocycles. The zero-order valence-electron chi connectivity index (χ0n) is 11.0. The number of aliphatic hydroxyl groups is 1. The van der Waals surface area contributed by atoms with E-state index in [0.717, 1.165) is 31.0 Å². The van der Waals surface area contributed by atoms with Crippen molar-refractivity contribution in [3.63, 3.8) is 0 Å². The van der Waals surface area contributed by atoms with E-state index in [1.54, 1.807) is 11.9 Å². The minimum Gasteiger partial charge on any atom is -0.392 e. The molecule has 1 saturated heterocycles. The van der Waals surface area contributed by atoms with Crippen LogP contribution in [-0.2, 0) is 24.3 Å². The lowest BCUT2D eigenvalue weighted by atomic mass is 10.2. The Bertz CT molecular complexity index is 486. The van der Waals surface area contributed by atoms with Gasteiger partial charge in [0.1, 0.15) is 5.82 Å². The highest BCUT2D eigenvalue weighted by atomic mass is 16.3. The van der Waals surface area contributed by atoms with Crippen LogP contribution in [0, 0.1) is 0 Å². The molecule has 0 saturated carbocycles. The number of aromatic nitrogens is 3. The van der Waals surface area contributed by atoms with Crippen molar-refractivity contribution in [2.75, 3.05) is 13.6 Å². The molecule has 1 aromatic heterocycles. The van der Waals surface area contributed by atoms with E-state index in [9.17, 15) is 9.90 Å². The molecular formula is C12H19N5O2. The van der Waals surface area contributed by atoms with Crippen LogP contribution < -0.4 is 5.32 Å². The van der Waals surface area contributed by atoms with Crippen LogP contribution in [-0.4, -0.2) is 56.4 Å². The highest BCUT2D eigenvalue weighted by Gasteiger charge is 2.30. The molecule has 0 aromatic carbocycles. The molecule has 19 heavy (non-hydrogen) atoms. The van der Waals surface area contributed by atoms with Crippen molar-refractivity contribution in [2.24, 2.45) is 0 Å². The van der Waals surface area contributed by atoms with Gasteiger partial charge in [-0.15, -0.1) is 10.2 Å². The molecule has 1 fully saturated rings. The maximum absolute atomic E-state index is 12.2. The molecule has 3 rings (SSSR count). The second-order valence-electron chi connectivity index (χ2n) is 5.33. The minimum atomic E-state index is -0.417. The largest absolute Gasteiger partial charge is 0.392 e. The van der Waals surface area contributed by atoms with Gasteiger partial charge in [-0.05, 0) is 12.8 Å². The first-order valence-corrected chi connectivity index (χ1v) is 6.72. The number of nitrogens with zero attached hydrogens (tertiary/aromatic N) is 4. The first-order chi connectivity index (χ1) is 9.15. The summed E-state index contributed by atoms with van der Waals surface area (Å²) in [5.74, 6) is 1.87. The van der Waals surface area contributed by atoms with Crippen molar-refractivity contribution < 1.29 is 9.90 Å². The molecule has 2 unspecified atom stereocenters. The Balaban J connectivity index is 1.64. The minimum absolute atomic E-state index is 0.00639. The van der Waals surface area contributed by atoms with Gasteiger partial charge in [0.05, 0.1) is 18.7 Å². The summed E-state index contributed by atoms with van der Waals surface area (Å²) in [6.45, 7) is 1.91. The molecule has 3 heterocycles. The van der Waals surface area contributed by atoms with Crippen molar-refractivity contribution in [1.29, 1.82) is 0 Å². The molecule has 2 aliphatic rings. The Labute approximate surface area is 111 Å². The highest BCUT2D eigenvalue weighted by Crippen LogP contribution is 2.16. The molecule has 2 N–H and O–H groups in total. The van der Waals surface area contributed by atoms with Gasteiger partial charge < -0.3 is 19.9 Å². The number of amides is 1. The smallest absolute Gasteiger partial charge is 0.239 e. The van der Waals surface area contributed by atoms with Crippen molar-refractivity contribution >= 4 is 5.91 Å². The fourth-order valence-corrected chi connectivity index (χ4v) is 2.79. The number of likely N-dealkylation sites (N-methyl/N-ethyl adjacent to an activating group) is 1. The fraction of sp³-hybridized carbons (Fsp3) is 0.750. The molecule has 0 radical (unpaired) electrons. The number of carbonyl (C=O) groups is 1. The molecule has 2 aliphatic heterocycles. The van der Waals surface area contributed by atoms with E-state index in [0.29, 0.717) is 19.5 Å². The first-order valence-electron chi connectivity index (χ1n) is 6.72. The number of β-amino-alcohol motifs (C(OH)–C–C–N with tert-alkyl or cyclic N) is 1. The number of aryl methyl sites for hydroxylation is 1. The van der Waals surface area contributed by atoms with Crippen LogP contribution in [0.2, 0.25) is 0 Å². The molecule has 7 heteroatoms. The predicted octanol–water partition coefficient (Wildman–Crippen LogP) is -1.09. The van der Waals surface area contributed by atoms with Crippen molar-refractivity contribution in [3.8, 4) is 0 Å². The third kappa shape index (κ3) is 2.35. The molecular weight excluding hydrogens is 246 g/mol. The highest BCUT2D eigenvalue weighted by molar-refractivity contribution is 5.82. The summed E-state index contributed by atoms with van der Waals surface area (Å²) in [5, 5.41) is 20.8. The number of aliphatic hydroxyl groups excluding tert-OH is 1. The Hall–Kier alpha value is -1.47. The summed E-state index contributed by atoms with van der Waals surface area (Å²) in [4.78, 5) is 13.9. The fourth-order valence-electron chi connectivity index (χ4n) is 2.79. The Kier molecular flexibility index (Phi) is 3.24. The summed E-state index contributed by atoms with van der Waals surface area (Å²) in [6.07, 6.45) is 2.15. The normalized spacial score (nSPS) is 25.6. The molecule has 104 valence electrons. The zero-order valence-corrected chi connectivity index (χ0v) is 11.0. The molecule has 0 bridgehead atoms. The summed E-state index contributed by atoms with van der Waals surface area (Å²) >= 11 is 0. The summed E-state index contributed by atoms with van der Waals surface area (Å²) in [6, 6.07) is -0.277. The van der Waals surface area contributed by atoms with E-state index >= 15 is 0 Å². The van der Waals surface area contributed by atoms with Crippen LogP contribution in [0.3, 0.4) is 0 Å². The Morgan fingerprint density at radius 3 is 3.16 bits per heavy atom. The zero-order chi connectivity index (χ0) is 13.4. The maximum Gasteiger partial charge on any atom is 0.239 e. The summed E-state index contributed by atoms with van der Waals surface area (Å²) in [5.41, 5.74) is 0. The van der Waals surface area contributed by atoms with Gasteiger partial charge in [0.25, 0.3) is 0 Å². The number of fused-ring (bicyclic) bond motifs is 1. The summed E-state index contributed by atoms with van der Waals surface area (Å²) in [7, 11) is 1.77. The van der Waals surface area contributed by atoms with Gasteiger partial charge in [-0.25, -0.2) is 0 Å². The van der Waals surface area contributed by atoms with Gasteiger partial charge in [-0.2, -0.15) is 0 Å². The molecule has 7 nitrogen and oxygen atoms in total. The second kappa shape index (κ2) is 4.90. The topological polar surface area (TPSA) is 83.3 Å². The van der Waals surface area contributed by atoms with Gasteiger partial charge in [0.15, 0.2) is 5.82 Å². The molecule has 1 amide bonds. The third-order valence-corrected chi connectivity index (χ3v) is 3.85. The van der Waals surface area contributed by atoms with E-state index in [-0.39, 0.29) is 11.9 Å². The van der Waals surface area contributed by atoms with Gasteiger partial charge in [0.2, 0.25) is 5.91 Å². The van der Waals surface area contributed by atoms with Gasteiger partial charge in [0, 0.05) is 26.6 Å². The van der Waals surface area contributed by atoms with E-state index in [4.69, 9.17) is 0 Å². The molecule has 1 aromatic rings. The standard InChI is InChI=1S/C12H19N5O2/c1-16(12(19)9-5-8(18)6-13-9)7-11-15-14-10-3-2-4-17(10)11/h8-9,13,18H,2-7H2,1H3. The molecule has 0 spiro atoms. The lowest BCUT2D eigenvalue weighted by molar-refractivity contribution is -0.132. The van der Waals surface area contributed by atoms with Crippen LogP contribution in [0.5, 0.6) is 0 Å². The van der Waals surface area contributed by atoms with Crippen molar-refractivity contribution in [2.45, 2.75) is 44.5 Å². The van der Waals surface area contributed by atoms with Crippen LogP contribution in [0.1, 0.15) is 24.5 Å². The Morgan fingerprint density at radius 2 is 2.42 bits per heavy atom. The number of nitrogens with one attached hydrogen (secondary N) is 1. The lowest BCUT2D eigenvalue weighted by Gasteiger charge is -2.20. The number of carbonyl (C=O) groups excluding carboxylic acids is 1. The second-order valence-corrected chi connectivity index (χ2v) is 5.33. The molecule has 2 atom stereocenters. The average molecular weight is 265 g/mol. The predicted molar refractivity (Wildman–Crippen MR) is 67.2 cm³/mol. The maximum atomic E-state index is 12.2. The van der Waals surface area contributed by atoms with Gasteiger partial charge in [-0.3, -0.25) is 4.79 Å². The summed E-state index contributed by atoms with van der Waals surface area (Å²) < 4.78 is 2.10. The van der Waals surface area contributed by atoms with E-state index < -0.39 is 6.10 Å². The quantitative estimate of drug-likeness (QED) is 0.725. The van der Waals surface area contributed by atoms with Crippen LogP contribution >= 0.6 is 0 Å². The van der Waals surface area contributed by atoms with Crippen molar-refractivity contribution in [3.05, 3.63) is 11.6 Å². The number of hydrogen-bond acceptors (Lipinski definition) is 5. The van der Waals surface area contributed by atoms with E-state index in [2.05, 4.69) is 20.1 Å². The lowest BCUT2D eigenvalue weighted by Crippen LogP contribution is -2.41. The third-order valence-electron chi connectivity index (χ3n) is 3.85. The van der Waals surface area contributed by atoms with E-state index in [1.807, 2.05) is 0 Å². The first kappa shape index (κ1) is 12.6. The van der Waals surface area contributed by atoms with Crippen LogP contribution in [0.4, 0.5) is 0 Å². The number of rotatable bonds is 3. The van der Waals surface area contributed by atoms with Crippen LogP contribution in [0.15, 0.2) is 0 Å². The number of hydrogen-bond donors (Lipinski definition) is 2. The Morgan fingerprint density at radius 1 is 1.58 bits per heavy atom. The van der Waals surface area contributed by atoms with E-state index in [1.165, 1.54) is 0 Å². The SMILES string of the molecule is CN(Cc1nnc2n1CCC2)C(=O)C1CC(O)CN1. The monoisotopic (exact) mass is 265 g/mol.